The quantitative estimate of drug-likeness (QED) is 0.867. The van der Waals surface area contributed by atoms with Gasteiger partial charge >= 0.3 is 0 Å². The van der Waals surface area contributed by atoms with E-state index in [0.29, 0.717) is 18.0 Å². The second-order valence-corrected chi connectivity index (χ2v) is 4.11. The zero-order valence-corrected chi connectivity index (χ0v) is 11.3. The predicted molar refractivity (Wildman–Crippen MR) is 71.3 cm³/mol. The molecule has 0 bridgehead atoms. The Kier molecular flexibility index (Phi) is 4.41. The number of nitrogens with zero attached hydrogens (tertiary/aromatic N) is 1. The highest BCUT2D eigenvalue weighted by Gasteiger charge is 2.13. The van der Waals surface area contributed by atoms with Crippen LogP contribution in [0.2, 0.25) is 0 Å². The van der Waals surface area contributed by atoms with Gasteiger partial charge in [0.2, 0.25) is 0 Å². The molecular formula is C14H18N2O3. The van der Waals surface area contributed by atoms with E-state index in [1.54, 1.807) is 32.7 Å². The average Bonchev–Trinajstić information content (AvgIpc) is 2.98. The average molecular weight is 262 g/mol. The Morgan fingerprint density at radius 2 is 2.16 bits per heavy atom. The summed E-state index contributed by atoms with van der Waals surface area (Å²) in [5.41, 5.74) is 0.806. The number of hydrogen-bond donors (Lipinski definition) is 1. The fraction of sp³-hybridized carbons (Fsp3) is 0.357. The predicted octanol–water partition coefficient (Wildman–Crippen LogP) is 2.54. The first-order valence-electron chi connectivity index (χ1n) is 6.09. The Bertz CT molecular complexity index is 511. The summed E-state index contributed by atoms with van der Waals surface area (Å²) in [7, 11) is 3.22. The third-order valence-electron chi connectivity index (χ3n) is 2.91. The molecule has 0 fully saturated rings. The minimum absolute atomic E-state index is 0.104. The van der Waals surface area contributed by atoms with Gasteiger partial charge in [0.25, 0.3) is 0 Å². The topological polar surface area (TPSA) is 56.5 Å². The summed E-state index contributed by atoms with van der Waals surface area (Å²) < 4.78 is 15.9. The van der Waals surface area contributed by atoms with Crippen molar-refractivity contribution in [2.24, 2.45) is 0 Å². The van der Waals surface area contributed by atoms with Crippen LogP contribution >= 0.6 is 0 Å². The molecule has 2 rings (SSSR count). The molecule has 0 saturated carbocycles. The maximum Gasteiger partial charge on any atom is 0.183 e. The number of pyridine rings is 1. The smallest absolute Gasteiger partial charge is 0.183 e. The first-order chi connectivity index (χ1) is 9.26. The molecule has 0 aromatic carbocycles. The van der Waals surface area contributed by atoms with Crippen LogP contribution in [0.4, 0.5) is 0 Å². The maximum absolute atomic E-state index is 5.35. The second kappa shape index (κ2) is 6.24. The van der Waals surface area contributed by atoms with Crippen LogP contribution < -0.4 is 14.8 Å². The number of furan rings is 1. The number of methoxy groups -OCH3 is 2. The van der Waals surface area contributed by atoms with E-state index in [9.17, 15) is 0 Å². The zero-order chi connectivity index (χ0) is 13.7. The lowest BCUT2D eigenvalue weighted by molar-refractivity contribution is 0.346. The Labute approximate surface area is 112 Å². The Morgan fingerprint density at radius 1 is 1.32 bits per heavy atom. The molecule has 2 aromatic rings. The summed E-state index contributed by atoms with van der Waals surface area (Å²) >= 11 is 0. The molecule has 2 heterocycles. The molecule has 0 radical (unpaired) electrons. The van der Waals surface area contributed by atoms with Crippen LogP contribution in [0.5, 0.6) is 11.5 Å². The van der Waals surface area contributed by atoms with Gasteiger partial charge in [-0.1, -0.05) is 0 Å². The van der Waals surface area contributed by atoms with Gasteiger partial charge < -0.3 is 19.2 Å². The van der Waals surface area contributed by atoms with Crippen molar-refractivity contribution in [2.75, 3.05) is 14.2 Å². The van der Waals surface area contributed by atoms with Crippen molar-refractivity contribution >= 4 is 0 Å². The van der Waals surface area contributed by atoms with Crippen molar-refractivity contribution in [3.63, 3.8) is 0 Å². The van der Waals surface area contributed by atoms with Gasteiger partial charge in [-0.3, -0.25) is 4.98 Å². The molecule has 0 spiro atoms. The monoisotopic (exact) mass is 262 g/mol. The van der Waals surface area contributed by atoms with Crippen molar-refractivity contribution in [3.8, 4) is 11.5 Å². The van der Waals surface area contributed by atoms with Crippen LogP contribution in [0.15, 0.2) is 35.1 Å². The number of hydrogen-bond acceptors (Lipinski definition) is 5. The van der Waals surface area contributed by atoms with Crippen LogP contribution in [0.1, 0.15) is 24.4 Å². The Hall–Kier alpha value is -2.01. The first-order valence-corrected chi connectivity index (χ1v) is 6.09. The van der Waals surface area contributed by atoms with E-state index in [4.69, 9.17) is 13.9 Å². The summed E-state index contributed by atoms with van der Waals surface area (Å²) in [4.78, 5) is 4.31. The summed E-state index contributed by atoms with van der Waals surface area (Å²) in [6.07, 6.45) is 3.37. The third kappa shape index (κ3) is 3.06. The van der Waals surface area contributed by atoms with Crippen LogP contribution in [0.25, 0.3) is 0 Å². The molecule has 102 valence electrons. The SMILES string of the molecule is COc1ccnc(CN[C@@H](C)c2ccco2)c1OC. The van der Waals surface area contributed by atoms with Gasteiger partial charge in [0.1, 0.15) is 5.76 Å². The highest BCUT2D eigenvalue weighted by atomic mass is 16.5. The number of rotatable bonds is 6. The fourth-order valence-corrected chi connectivity index (χ4v) is 1.86. The van der Waals surface area contributed by atoms with Gasteiger partial charge in [0, 0.05) is 18.8 Å². The van der Waals surface area contributed by atoms with E-state index in [1.165, 1.54) is 0 Å². The molecule has 0 amide bonds. The van der Waals surface area contributed by atoms with Crippen molar-refractivity contribution in [1.82, 2.24) is 10.3 Å². The molecule has 5 heteroatoms. The molecular weight excluding hydrogens is 244 g/mol. The lowest BCUT2D eigenvalue weighted by Crippen LogP contribution is -2.19. The van der Waals surface area contributed by atoms with Gasteiger partial charge in [-0.2, -0.15) is 0 Å². The largest absolute Gasteiger partial charge is 0.493 e. The van der Waals surface area contributed by atoms with Gasteiger partial charge in [0.15, 0.2) is 11.5 Å². The Morgan fingerprint density at radius 3 is 2.79 bits per heavy atom. The molecule has 0 unspecified atom stereocenters. The normalized spacial score (nSPS) is 12.2. The van der Waals surface area contributed by atoms with Crippen LogP contribution in [-0.4, -0.2) is 19.2 Å². The van der Waals surface area contributed by atoms with Crippen molar-refractivity contribution in [1.29, 1.82) is 0 Å². The molecule has 0 aliphatic heterocycles. The number of ether oxygens (including phenoxy) is 2. The maximum atomic E-state index is 5.35. The Balaban J connectivity index is 2.07. The first kappa shape index (κ1) is 13.4. The molecule has 1 N–H and O–H groups in total. The molecule has 5 nitrogen and oxygen atoms in total. The van der Waals surface area contributed by atoms with Crippen molar-refractivity contribution in [3.05, 3.63) is 42.1 Å². The van der Waals surface area contributed by atoms with Gasteiger partial charge in [0.05, 0.1) is 32.2 Å². The van der Waals surface area contributed by atoms with Gasteiger partial charge in [-0.05, 0) is 19.1 Å². The molecule has 1 atom stereocenters. The van der Waals surface area contributed by atoms with E-state index in [0.717, 1.165) is 11.5 Å². The van der Waals surface area contributed by atoms with Gasteiger partial charge in [-0.25, -0.2) is 0 Å². The fourth-order valence-electron chi connectivity index (χ4n) is 1.86. The molecule has 19 heavy (non-hydrogen) atoms. The van der Waals surface area contributed by atoms with E-state index >= 15 is 0 Å². The lowest BCUT2D eigenvalue weighted by Gasteiger charge is -2.14. The summed E-state index contributed by atoms with van der Waals surface area (Å²) in [6, 6.07) is 5.69. The summed E-state index contributed by atoms with van der Waals surface area (Å²) in [6.45, 7) is 2.60. The van der Waals surface area contributed by atoms with E-state index in [2.05, 4.69) is 10.3 Å². The molecule has 0 aliphatic rings. The highest BCUT2D eigenvalue weighted by molar-refractivity contribution is 5.42. The number of aromatic nitrogens is 1. The third-order valence-corrected chi connectivity index (χ3v) is 2.91. The summed E-state index contributed by atoms with van der Waals surface area (Å²) in [5, 5.41) is 3.34. The van der Waals surface area contributed by atoms with Crippen LogP contribution in [0, 0.1) is 0 Å². The van der Waals surface area contributed by atoms with E-state index < -0.39 is 0 Å². The van der Waals surface area contributed by atoms with E-state index in [-0.39, 0.29) is 6.04 Å². The molecule has 0 saturated heterocycles. The van der Waals surface area contributed by atoms with Crippen LogP contribution in [0.3, 0.4) is 0 Å². The lowest BCUT2D eigenvalue weighted by atomic mass is 10.2. The van der Waals surface area contributed by atoms with E-state index in [1.807, 2.05) is 19.1 Å². The van der Waals surface area contributed by atoms with Crippen molar-refractivity contribution in [2.45, 2.75) is 19.5 Å². The van der Waals surface area contributed by atoms with Gasteiger partial charge in [-0.15, -0.1) is 0 Å². The second-order valence-electron chi connectivity index (χ2n) is 4.11. The highest BCUT2D eigenvalue weighted by Crippen LogP contribution is 2.29. The zero-order valence-electron chi connectivity index (χ0n) is 11.3. The minimum atomic E-state index is 0.104. The molecule has 0 aliphatic carbocycles. The molecule has 2 aromatic heterocycles. The summed E-state index contributed by atoms with van der Waals surface area (Å²) in [5.74, 6) is 2.23. The van der Waals surface area contributed by atoms with Crippen molar-refractivity contribution < 1.29 is 13.9 Å². The minimum Gasteiger partial charge on any atom is -0.493 e. The van der Waals surface area contributed by atoms with Crippen LogP contribution in [-0.2, 0) is 6.54 Å². The number of nitrogens with one attached hydrogen (secondary N) is 1. The standard InChI is InChI=1S/C14H18N2O3/c1-10(12-5-4-8-19-12)16-9-11-14(18-3)13(17-2)6-7-15-11/h4-8,10,16H,9H2,1-3H3/t10-/m0/s1.